The van der Waals surface area contributed by atoms with E-state index < -0.39 is 5.54 Å². The lowest BCUT2D eigenvalue weighted by Gasteiger charge is -2.31. The summed E-state index contributed by atoms with van der Waals surface area (Å²) in [5.41, 5.74) is 7.79. The second-order valence-electron chi connectivity index (χ2n) is 7.00. The van der Waals surface area contributed by atoms with E-state index in [1.165, 1.54) is 5.56 Å². The zero-order valence-corrected chi connectivity index (χ0v) is 15.4. The molecule has 3 N–H and O–H groups in total. The van der Waals surface area contributed by atoms with Crippen molar-refractivity contribution in [3.8, 4) is 0 Å². The van der Waals surface area contributed by atoms with Crippen molar-refractivity contribution in [3.63, 3.8) is 0 Å². The Morgan fingerprint density at radius 2 is 1.88 bits per heavy atom. The second-order valence-corrected chi connectivity index (χ2v) is 7.00. The summed E-state index contributed by atoms with van der Waals surface area (Å²) in [5.74, 6) is 0.0792. The van der Waals surface area contributed by atoms with Crippen molar-refractivity contribution in [1.82, 2.24) is 5.32 Å². The van der Waals surface area contributed by atoms with Crippen LogP contribution in [0.25, 0.3) is 0 Å². The Balaban J connectivity index is 0.00000225. The highest BCUT2D eigenvalue weighted by Crippen LogP contribution is 2.28. The van der Waals surface area contributed by atoms with Gasteiger partial charge in [-0.2, -0.15) is 0 Å². The Hall–Kier alpha value is -1.59. The molecule has 0 bridgehead atoms. The summed E-state index contributed by atoms with van der Waals surface area (Å²) in [4.78, 5) is 26.5. The first-order valence-corrected chi connectivity index (χ1v) is 9.06. The Morgan fingerprint density at radius 1 is 1.16 bits per heavy atom. The highest BCUT2D eigenvalue weighted by atomic mass is 35.5. The first-order valence-electron chi connectivity index (χ1n) is 9.06. The molecule has 1 aliphatic carbocycles. The zero-order chi connectivity index (χ0) is 17.0. The fourth-order valence-corrected chi connectivity index (χ4v) is 3.76. The van der Waals surface area contributed by atoms with Gasteiger partial charge in [-0.05, 0) is 37.3 Å². The van der Waals surface area contributed by atoms with E-state index in [0.29, 0.717) is 19.4 Å². The predicted molar refractivity (Wildman–Crippen MR) is 102 cm³/mol. The molecule has 5 nitrogen and oxygen atoms in total. The number of anilines is 1. The largest absolute Gasteiger partial charge is 0.354 e. The van der Waals surface area contributed by atoms with Crippen LogP contribution < -0.4 is 16.0 Å². The number of benzene rings is 1. The van der Waals surface area contributed by atoms with Crippen LogP contribution in [0.4, 0.5) is 5.69 Å². The van der Waals surface area contributed by atoms with Crippen LogP contribution >= 0.6 is 12.4 Å². The van der Waals surface area contributed by atoms with Crippen molar-refractivity contribution in [2.45, 2.75) is 56.9 Å². The van der Waals surface area contributed by atoms with E-state index in [-0.39, 0.29) is 24.2 Å². The molecule has 1 aromatic rings. The van der Waals surface area contributed by atoms with E-state index >= 15 is 0 Å². The number of nitrogens with two attached hydrogens (primary N) is 1. The molecule has 138 valence electrons. The highest BCUT2D eigenvalue weighted by molar-refractivity contribution is 5.95. The smallest absolute Gasteiger partial charge is 0.240 e. The summed E-state index contributed by atoms with van der Waals surface area (Å²) in [7, 11) is 0. The first-order chi connectivity index (χ1) is 11.6. The van der Waals surface area contributed by atoms with Gasteiger partial charge in [0, 0.05) is 25.2 Å². The lowest BCUT2D eigenvalue weighted by atomic mass is 9.82. The lowest BCUT2D eigenvalue weighted by molar-refractivity contribution is -0.127. The SMILES string of the molecule is Cl.NC1(C(=O)NCCCC(=O)N2CCc3ccccc32)CCCCC1. The van der Waals surface area contributed by atoms with Gasteiger partial charge >= 0.3 is 0 Å². The van der Waals surface area contributed by atoms with E-state index in [0.717, 1.165) is 50.8 Å². The van der Waals surface area contributed by atoms with Crippen LogP contribution in [0.3, 0.4) is 0 Å². The molecular weight excluding hydrogens is 338 g/mol. The summed E-state index contributed by atoms with van der Waals surface area (Å²) in [6, 6.07) is 8.06. The summed E-state index contributed by atoms with van der Waals surface area (Å²) in [5, 5.41) is 2.92. The number of amides is 2. The van der Waals surface area contributed by atoms with Crippen LogP contribution in [0.5, 0.6) is 0 Å². The van der Waals surface area contributed by atoms with Crippen molar-refractivity contribution in [3.05, 3.63) is 29.8 Å². The number of carbonyl (C=O) groups is 2. The molecule has 2 aliphatic rings. The zero-order valence-electron chi connectivity index (χ0n) is 14.6. The second kappa shape index (κ2) is 8.68. The average Bonchev–Trinajstić information content (AvgIpc) is 3.03. The van der Waals surface area contributed by atoms with Gasteiger partial charge in [0.25, 0.3) is 0 Å². The highest BCUT2D eigenvalue weighted by Gasteiger charge is 2.34. The van der Waals surface area contributed by atoms with Crippen LogP contribution in [0, 0.1) is 0 Å². The van der Waals surface area contributed by atoms with Gasteiger partial charge in [0.05, 0.1) is 5.54 Å². The topological polar surface area (TPSA) is 75.4 Å². The fourth-order valence-electron chi connectivity index (χ4n) is 3.76. The number of para-hydroxylation sites is 1. The molecule has 0 aromatic heterocycles. The van der Waals surface area contributed by atoms with Crippen LogP contribution in [0.15, 0.2) is 24.3 Å². The Morgan fingerprint density at radius 3 is 2.64 bits per heavy atom. The minimum absolute atomic E-state index is 0. The molecule has 25 heavy (non-hydrogen) atoms. The van der Waals surface area contributed by atoms with Crippen molar-refractivity contribution in [2.75, 3.05) is 18.0 Å². The van der Waals surface area contributed by atoms with Gasteiger partial charge in [0.15, 0.2) is 0 Å². The number of nitrogens with zero attached hydrogens (tertiary/aromatic N) is 1. The Kier molecular flexibility index (Phi) is 6.85. The molecule has 3 rings (SSSR count). The van der Waals surface area contributed by atoms with Crippen molar-refractivity contribution in [1.29, 1.82) is 0 Å². The summed E-state index contributed by atoms with van der Waals surface area (Å²) >= 11 is 0. The van der Waals surface area contributed by atoms with E-state index in [1.54, 1.807) is 0 Å². The van der Waals surface area contributed by atoms with Gasteiger partial charge in [-0.15, -0.1) is 12.4 Å². The van der Waals surface area contributed by atoms with E-state index in [1.807, 2.05) is 23.1 Å². The fraction of sp³-hybridized carbons (Fsp3) is 0.579. The van der Waals surface area contributed by atoms with Crippen molar-refractivity contribution in [2.24, 2.45) is 5.73 Å². The van der Waals surface area contributed by atoms with E-state index in [4.69, 9.17) is 5.73 Å². The maximum atomic E-state index is 12.4. The number of hydrogen-bond acceptors (Lipinski definition) is 3. The normalized spacial score (nSPS) is 18.2. The molecule has 0 unspecified atom stereocenters. The molecule has 0 saturated heterocycles. The molecule has 1 saturated carbocycles. The number of halogens is 1. The van der Waals surface area contributed by atoms with Crippen LogP contribution in [0.1, 0.15) is 50.5 Å². The van der Waals surface area contributed by atoms with Gasteiger partial charge in [-0.25, -0.2) is 0 Å². The maximum Gasteiger partial charge on any atom is 0.240 e. The van der Waals surface area contributed by atoms with Gasteiger partial charge in [-0.1, -0.05) is 37.5 Å². The van der Waals surface area contributed by atoms with Crippen LogP contribution in [-0.2, 0) is 16.0 Å². The third kappa shape index (κ3) is 4.53. The molecular formula is C19H28ClN3O2. The van der Waals surface area contributed by atoms with E-state index in [2.05, 4.69) is 11.4 Å². The quantitative estimate of drug-likeness (QED) is 0.787. The molecule has 1 heterocycles. The average molecular weight is 366 g/mol. The predicted octanol–water partition coefficient (Wildman–Crippen LogP) is 2.56. The third-order valence-electron chi connectivity index (χ3n) is 5.24. The van der Waals surface area contributed by atoms with Gasteiger partial charge in [-0.3, -0.25) is 9.59 Å². The molecule has 1 fully saturated rings. The maximum absolute atomic E-state index is 12.4. The molecule has 6 heteroatoms. The molecule has 0 atom stereocenters. The standard InChI is InChI=1S/C19H27N3O2.ClH/c20-19(11-4-1-5-12-19)18(24)21-13-6-9-17(23)22-14-10-15-7-2-3-8-16(15)22;/h2-3,7-8H,1,4-6,9-14,20H2,(H,21,24);1H. The molecule has 0 radical (unpaired) electrons. The number of hydrogen-bond donors (Lipinski definition) is 2. The van der Waals surface area contributed by atoms with Crippen LogP contribution in [-0.4, -0.2) is 30.4 Å². The Bertz CT molecular complexity index is 614. The third-order valence-corrected chi connectivity index (χ3v) is 5.24. The summed E-state index contributed by atoms with van der Waals surface area (Å²) in [6.45, 7) is 1.27. The minimum atomic E-state index is -0.698. The first kappa shape index (κ1) is 19.7. The van der Waals surface area contributed by atoms with Gasteiger partial charge in [0.1, 0.15) is 0 Å². The number of rotatable bonds is 5. The van der Waals surface area contributed by atoms with Gasteiger partial charge in [0.2, 0.25) is 11.8 Å². The number of nitrogens with one attached hydrogen (secondary N) is 1. The number of fused-ring (bicyclic) bond motifs is 1. The number of carbonyl (C=O) groups excluding carboxylic acids is 2. The summed E-state index contributed by atoms with van der Waals surface area (Å²) < 4.78 is 0. The molecule has 1 aromatic carbocycles. The monoisotopic (exact) mass is 365 g/mol. The van der Waals surface area contributed by atoms with Crippen molar-refractivity contribution >= 4 is 29.9 Å². The Labute approximate surface area is 155 Å². The van der Waals surface area contributed by atoms with Crippen molar-refractivity contribution < 1.29 is 9.59 Å². The summed E-state index contributed by atoms with van der Waals surface area (Å²) in [6.07, 6.45) is 6.77. The molecule has 2 amide bonds. The molecule has 0 spiro atoms. The lowest BCUT2D eigenvalue weighted by Crippen LogP contribution is -2.55. The molecule has 1 aliphatic heterocycles. The van der Waals surface area contributed by atoms with Crippen LogP contribution in [0.2, 0.25) is 0 Å². The van der Waals surface area contributed by atoms with Gasteiger partial charge < -0.3 is 16.0 Å². The van der Waals surface area contributed by atoms with E-state index in [9.17, 15) is 9.59 Å². The minimum Gasteiger partial charge on any atom is -0.354 e.